The second-order valence-electron chi connectivity index (χ2n) is 8.59. The average Bonchev–Trinajstić information content (AvgIpc) is 3.10. The molecule has 7 heteroatoms. The molecule has 1 aliphatic carbocycles. The Balaban J connectivity index is 1.52. The van der Waals surface area contributed by atoms with Crippen LogP contribution in [0, 0.1) is 5.92 Å². The number of nitrogens with one attached hydrogen (secondary N) is 1. The Labute approximate surface area is 199 Å². The summed E-state index contributed by atoms with van der Waals surface area (Å²) in [4.78, 5) is 27.0. The monoisotopic (exact) mass is 466 g/mol. The Morgan fingerprint density at radius 3 is 2.58 bits per heavy atom. The number of carboxylic acids is 1. The van der Waals surface area contributed by atoms with Crippen molar-refractivity contribution in [1.82, 2.24) is 4.90 Å². The van der Waals surface area contributed by atoms with E-state index in [9.17, 15) is 9.59 Å². The van der Waals surface area contributed by atoms with Crippen LogP contribution in [0.25, 0.3) is 6.08 Å². The van der Waals surface area contributed by atoms with E-state index in [0.29, 0.717) is 11.7 Å². The number of carboxylic acid groups (broad SMARTS) is 1. The number of benzene rings is 2. The van der Waals surface area contributed by atoms with Gasteiger partial charge in [-0.1, -0.05) is 61.9 Å². The molecule has 0 spiro atoms. The van der Waals surface area contributed by atoms with Crippen LogP contribution in [0.2, 0.25) is 0 Å². The van der Waals surface area contributed by atoms with Crippen LogP contribution in [0.5, 0.6) is 5.75 Å². The topological polar surface area (TPSA) is 78.9 Å². The maximum absolute atomic E-state index is 13.5. The molecule has 2 aliphatic rings. The molecule has 1 saturated heterocycles. The van der Waals surface area contributed by atoms with E-state index < -0.39 is 5.97 Å². The van der Waals surface area contributed by atoms with E-state index in [1.807, 2.05) is 48.5 Å². The average molecular weight is 467 g/mol. The predicted molar refractivity (Wildman–Crippen MR) is 132 cm³/mol. The van der Waals surface area contributed by atoms with Crippen molar-refractivity contribution in [2.75, 3.05) is 11.9 Å². The minimum absolute atomic E-state index is 0.0395. The molecular weight excluding hydrogens is 436 g/mol. The quantitative estimate of drug-likeness (QED) is 0.505. The number of carbonyl (C=O) groups is 2. The number of amides is 1. The molecule has 1 heterocycles. The number of para-hydroxylation sites is 1. The van der Waals surface area contributed by atoms with E-state index >= 15 is 0 Å². The van der Waals surface area contributed by atoms with Gasteiger partial charge in [0.1, 0.15) is 5.75 Å². The van der Waals surface area contributed by atoms with Crippen LogP contribution in [0.1, 0.15) is 44.6 Å². The summed E-state index contributed by atoms with van der Waals surface area (Å²) >= 11 is 1.56. The zero-order valence-corrected chi connectivity index (χ0v) is 19.6. The number of nitrogens with zero attached hydrogens (tertiary/aromatic N) is 1. The number of thioether (sulfide) groups is 1. The standard InChI is InChI=1S/C26H30N2O4S/c1-18-7-5-6-10-22(18)28-25(31)23(33-26(28)27-20-8-3-2-4-9-20)17-19-11-13-21(14-12-19)32-16-15-24(29)30/h2-4,8-9,11-14,17-18,22,26-27H,5-7,10,15-16H2,1H3,(H,29,30)/b23-17-/t18-,22-,26?/m1/s1. The lowest BCUT2D eigenvalue weighted by Crippen LogP contribution is -2.48. The second-order valence-corrected chi connectivity index (χ2v) is 9.71. The van der Waals surface area contributed by atoms with E-state index in [1.54, 1.807) is 23.9 Å². The lowest BCUT2D eigenvalue weighted by atomic mass is 9.85. The van der Waals surface area contributed by atoms with Crippen molar-refractivity contribution in [1.29, 1.82) is 0 Å². The summed E-state index contributed by atoms with van der Waals surface area (Å²) in [6.45, 7) is 2.39. The minimum atomic E-state index is -0.886. The van der Waals surface area contributed by atoms with Gasteiger partial charge >= 0.3 is 5.97 Å². The van der Waals surface area contributed by atoms with E-state index in [2.05, 4.69) is 17.1 Å². The van der Waals surface area contributed by atoms with Crippen molar-refractivity contribution in [2.24, 2.45) is 5.92 Å². The van der Waals surface area contributed by atoms with Gasteiger partial charge in [0.2, 0.25) is 0 Å². The normalized spacial score (nSPS) is 24.2. The van der Waals surface area contributed by atoms with Crippen LogP contribution in [-0.2, 0) is 9.59 Å². The van der Waals surface area contributed by atoms with Gasteiger partial charge in [0.25, 0.3) is 5.91 Å². The van der Waals surface area contributed by atoms with Gasteiger partial charge in [0.05, 0.1) is 17.9 Å². The number of hydrogen-bond acceptors (Lipinski definition) is 5. The molecule has 1 amide bonds. The highest BCUT2D eigenvalue weighted by molar-refractivity contribution is 8.05. The molecular formula is C26H30N2O4S. The number of aliphatic carboxylic acids is 1. The van der Waals surface area contributed by atoms with Crippen molar-refractivity contribution < 1.29 is 19.4 Å². The Kier molecular flexibility index (Phi) is 7.60. The van der Waals surface area contributed by atoms with E-state index in [4.69, 9.17) is 9.84 Å². The lowest BCUT2D eigenvalue weighted by Gasteiger charge is -2.39. The molecule has 0 radical (unpaired) electrons. The van der Waals surface area contributed by atoms with E-state index in [0.717, 1.165) is 35.4 Å². The first-order chi connectivity index (χ1) is 16.0. The molecule has 0 bridgehead atoms. The SMILES string of the molecule is C[C@@H]1CCCC[C@H]1N1C(=O)/C(=C/c2ccc(OCCC(=O)O)cc2)SC1Nc1ccccc1. The molecule has 2 aromatic carbocycles. The molecule has 1 saturated carbocycles. The van der Waals surface area contributed by atoms with Gasteiger partial charge in [0, 0.05) is 11.7 Å². The van der Waals surface area contributed by atoms with Gasteiger partial charge in [-0.05, 0) is 54.7 Å². The third-order valence-corrected chi connectivity index (χ3v) is 7.30. The summed E-state index contributed by atoms with van der Waals surface area (Å²) < 4.78 is 5.46. The highest BCUT2D eigenvalue weighted by Crippen LogP contribution is 2.42. The highest BCUT2D eigenvalue weighted by Gasteiger charge is 2.42. The molecule has 33 heavy (non-hydrogen) atoms. The fourth-order valence-electron chi connectivity index (χ4n) is 4.44. The van der Waals surface area contributed by atoms with Crippen LogP contribution >= 0.6 is 11.8 Å². The minimum Gasteiger partial charge on any atom is -0.493 e. The fourth-order valence-corrected chi connectivity index (χ4v) is 5.65. The first-order valence-electron chi connectivity index (χ1n) is 11.5. The number of carbonyl (C=O) groups excluding carboxylic acids is 1. The third-order valence-electron chi connectivity index (χ3n) is 6.19. The molecule has 6 nitrogen and oxygen atoms in total. The highest BCUT2D eigenvalue weighted by atomic mass is 32.2. The third kappa shape index (κ3) is 5.90. The zero-order chi connectivity index (χ0) is 23.2. The smallest absolute Gasteiger partial charge is 0.306 e. The Morgan fingerprint density at radius 2 is 1.88 bits per heavy atom. The van der Waals surface area contributed by atoms with Gasteiger partial charge < -0.3 is 20.1 Å². The fraction of sp³-hybridized carbons (Fsp3) is 0.385. The summed E-state index contributed by atoms with van der Waals surface area (Å²) in [5.74, 6) is 0.285. The summed E-state index contributed by atoms with van der Waals surface area (Å²) in [5.41, 5.74) is 1.77. The predicted octanol–water partition coefficient (Wildman–Crippen LogP) is 5.43. The van der Waals surface area contributed by atoms with Crippen molar-refractivity contribution in [3.63, 3.8) is 0 Å². The van der Waals surface area contributed by atoms with Gasteiger partial charge in [-0.15, -0.1) is 0 Å². The molecule has 2 N–H and O–H groups in total. The largest absolute Gasteiger partial charge is 0.493 e. The van der Waals surface area contributed by atoms with Gasteiger partial charge in [-0.3, -0.25) is 9.59 Å². The van der Waals surface area contributed by atoms with Crippen molar-refractivity contribution >= 4 is 35.4 Å². The van der Waals surface area contributed by atoms with E-state index in [-0.39, 0.29) is 30.5 Å². The summed E-state index contributed by atoms with van der Waals surface area (Å²) in [6, 6.07) is 17.7. The van der Waals surface area contributed by atoms with Crippen LogP contribution in [0.3, 0.4) is 0 Å². The summed E-state index contributed by atoms with van der Waals surface area (Å²) in [5, 5.41) is 12.3. The molecule has 1 aliphatic heterocycles. The first kappa shape index (κ1) is 23.2. The Hall–Kier alpha value is -2.93. The van der Waals surface area contributed by atoms with Crippen LogP contribution < -0.4 is 10.1 Å². The number of anilines is 1. The molecule has 2 fully saturated rings. The van der Waals surface area contributed by atoms with Gasteiger partial charge in [-0.2, -0.15) is 0 Å². The van der Waals surface area contributed by atoms with Crippen LogP contribution in [0.4, 0.5) is 5.69 Å². The van der Waals surface area contributed by atoms with Gasteiger partial charge in [-0.25, -0.2) is 0 Å². The van der Waals surface area contributed by atoms with Crippen LogP contribution in [-0.4, -0.2) is 40.0 Å². The zero-order valence-electron chi connectivity index (χ0n) is 18.8. The van der Waals surface area contributed by atoms with Crippen molar-refractivity contribution in [3.8, 4) is 5.75 Å². The van der Waals surface area contributed by atoms with Gasteiger partial charge in [0.15, 0.2) is 5.50 Å². The first-order valence-corrected chi connectivity index (χ1v) is 12.4. The van der Waals surface area contributed by atoms with Crippen molar-refractivity contribution in [3.05, 3.63) is 65.1 Å². The lowest BCUT2D eigenvalue weighted by molar-refractivity contribution is -0.137. The molecule has 174 valence electrons. The number of ether oxygens (including phenoxy) is 1. The molecule has 3 atom stereocenters. The summed E-state index contributed by atoms with van der Waals surface area (Å²) in [7, 11) is 0. The maximum atomic E-state index is 13.5. The Bertz CT molecular complexity index is 993. The van der Waals surface area contributed by atoms with Crippen LogP contribution in [0.15, 0.2) is 59.5 Å². The molecule has 0 aromatic heterocycles. The number of rotatable bonds is 8. The summed E-state index contributed by atoms with van der Waals surface area (Å²) in [6.07, 6.45) is 6.47. The molecule has 1 unspecified atom stereocenters. The number of hydrogen-bond donors (Lipinski definition) is 2. The maximum Gasteiger partial charge on any atom is 0.306 e. The molecule has 2 aromatic rings. The molecule has 4 rings (SSSR count). The Morgan fingerprint density at radius 1 is 1.15 bits per heavy atom. The van der Waals surface area contributed by atoms with Crippen molar-refractivity contribution in [2.45, 2.75) is 50.6 Å². The second kappa shape index (κ2) is 10.8. The van der Waals surface area contributed by atoms with E-state index in [1.165, 1.54) is 6.42 Å².